The second kappa shape index (κ2) is 3.93. The molecule has 2 saturated heterocycles. The van der Waals surface area contributed by atoms with Crippen LogP contribution >= 0.6 is 11.3 Å². The molecule has 0 saturated carbocycles. The lowest BCUT2D eigenvalue weighted by atomic mass is 10.0. The van der Waals surface area contributed by atoms with E-state index in [9.17, 15) is 4.79 Å². The van der Waals surface area contributed by atoms with Crippen LogP contribution in [-0.2, 0) is 11.3 Å². The van der Waals surface area contributed by atoms with E-state index in [0.717, 1.165) is 24.4 Å². The molecule has 3 heterocycles. The van der Waals surface area contributed by atoms with Gasteiger partial charge < -0.3 is 0 Å². The average Bonchev–Trinajstić information content (AvgIpc) is 2.72. The van der Waals surface area contributed by atoms with Gasteiger partial charge in [0.05, 0.1) is 10.7 Å². The van der Waals surface area contributed by atoms with E-state index in [-0.39, 0.29) is 0 Å². The first-order chi connectivity index (χ1) is 7.72. The first kappa shape index (κ1) is 10.4. The number of carbonyl (C=O) groups is 1. The van der Waals surface area contributed by atoms with Gasteiger partial charge in [0.15, 0.2) is 0 Å². The van der Waals surface area contributed by atoms with E-state index in [1.54, 1.807) is 11.3 Å². The lowest BCUT2D eigenvalue weighted by Crippen LogP contribution is -2.42. The summed E-state index contributed by atoms with van der Waals surface area (Å²) < 4.78 is 0. The highest BCUT2D eigenvalue weighted by atomic mass is 32.1. The minimum Gasteiger partial charge on any atom is -0.300 e. The van der Waals surface area contributed by atoms with Crippen molar-refractivity contribution in [1.82, 2.24) is 9.88 Å². The molecule has 16 heavy (non-hydrogen) atoms. The minimum atomic E-state index is 0.457. The molecular formula is C12H16N2OS. The van der Waals surface area contributed by atoms with Crippen LogP contribution in [0.25, 0.3) is 0 Å². The molecule has 2 atom stereocenters. The molecule has 2 fully saturated rings. The monoisotopic (exact) mass is 236 g/mol. The summed E-state index contributed by atoms with van der Waals surface area (Å²) in [6.07, 6.45) is 3.91. The van der Waals surface area contributed by atoms with Crippen LogP contribution in [0.1, 0.15) is 36.4 Å². The summed E-state index contributed by atoms with van der Waals surface area (Å²) in [6.45, 7) is 2.98. The molecule has 0 radical (unpaired) electrons. The Labute approximate surface area is 99.5 Å². The third-order valence-corrected chi connectivity index (χ3v) is 4.53. The topological polar surface area (TPSA) is 33.2 Å². The van der Waals surface area contributed by atoms with E-state index in [2.05, 4.69) is 15.3 Å². The molecule has 2 bridgehead atoms. The van der Waals surface area contributed by atoms with E-state index < -0.39 is 0 Å². The summed E-state index contributed by atoms with van der Waals surface area (Å²) in [7, 11) is 0. The molecule has 0 aromatic carbocycles. The second-order valence-corrected chi connectivity index (χ2v) is 5.92. The van der Waals surface area contributed by atoms with Crippen LogP contribution in [0.15, 0.2) is 5.38 Å². The largest absolute Gasteiger partial charge is 0.300 e. The van der Waals surface area contributed by atoms with Crippen molar-refractivity contribution in [2.24, 2.45) is 0 Å². The molecule has 2 aliphatic rings. The van der Waals surface area contributed by atoms with Crippen LogP contribution in [0.4, 0.5) is 0 Å². The Balaban J connectivity index is 1.74. The van der Waals surface area contributed by atoms with Gasteiger partial charge in [-0.15, -0.1) is 11.3 Å². The van der Waals surface area contributed by atoms with Gasteiger partial charge >= 0.3 is 0 Å². The van der Waals surface area contributed by atoms with E-state index in [1.165, 1.54) is 18.5 Å². The Morgan fingerprint density at radius 3 is 2.69 bits per heavy atom. The van der Waals surface area contributed by atoms with Crippen molar-refractivity contribution >= 4 is 17.1 Å². The number of Topliss-reactive ketones (excluding diaryl/α,β-unsaturated/α-hetero) is 1. The van der Waals surface area contributed by atoms with Crippen LogP contribution in [0.5, 0.6) is 0 Å². The van der Waals surface area contributed by atoms with Crippen molar-refractivity contribution in [3.05, 3.63) is 16.1 Å². The number of hydrogen-bond acceptors (Lipinski definition) is 4. The number of hydrogen-bond donors (Lipinski definition) is 0. The van der Waals surface area contributed by atoms with Crippen LogP contribution in [0, 0.1) is 6.92 Å². The maximum absolute atomic E-state index is 11.5. The van der Waals surface area contributed by atoms with Gasteiger partial charge in [-0.25, -0.2) is 4.98 Å². The highest BCUT2D eigenvalue weighted by molar-refractivity contribution is 7.09. The van der Waals surface area contributed by atoms with Gasteiger partial charge in [-0.3, -0.25) is 9.69 Å². The molecule has 4 heteroatoms. The van der Waals surface area contributed by atoms with Gasteiger partial charge in [-0.2, -0.15) is 0 Å². The van der Waals surface area contributed by atoms with E-state index in [0.29, 0.717) is 17.9 Å². The van der Waals surface area contributed by atoms with E-state index in [1.807, 2.05) is 6.92 Å². The highest BCUT2D eigenvalue weighted by Gasteiger charge is 2.39. The predicted molar refractivity (Wildman–Crippen MR) is 63.4 cm³/mol. The van der Waals surface area contributed by atoms with Gasteiger partial charge in [0.1, 0.15) is 5.78 Å². The summed E-state index contributed by atoms with van der Waals surface area (Å²) in [5, 5.41) is 3.28. The molecular weight excluding hydrogens is 220 g/mol. The van der Waals surface area contributed by atoms with E-state index in [4.69, 9.17) is 0 Å². The smallest absolute Gasteiger partial charge is 0.136 e. The number of fused-ring (bicyclic) bond motifs is 2. The number of carbonyl (C=O) groups excluding carboxylic acids is 1. The number of nitrogens with zero attached hydrogens (tertiary/aromatic N) is 2. The zero-order valence-corrected chi connectivity index (χ0v) is 10.3. The Bertz CT molecular complexity index is 399. The fraction of sp³-hybridized carbons (Fsp3) is 0.667. The SMILES string of the molecule is Cc1nc(CN2C3CCC2CC(=O)C3)cs1. The molecule has 3 nitrogen and oxygen atoms in total. The molecule has 86 valence electrons. The standard InChI is InChI=1S/C12H16N2OS/c1-8-13-9(7-16-8)6-14-10-2-3-11(14)5-12(15)4-10/h7,10-11H,2-6H2,1H3. The van der Waals surface area contributed by atoms with Gasteiger partial charge in [-0.05, 0) is 19.8 Å². The molecule has 0 amide bonds. The van der Waals surface area contributed by atoms with Crippen LogP contribution < -0.4 is 0 Å². The Kier molecular flexibility index (Phi) is 2.56. The Hall–Kier alpha value is -0.740. The third kappa shape index (κ3) is 1.80. The number of aryl methyl sites for hydroxylation is 1. The lowest BCUT2D eigenvalue weighted by Gasteiger charge is -2.33. The summed E-state index contributed by atoms with van der Waals surface area (Å²) in [5.74, 6) is 0.457. The van der Waals surface area contributed by atoms with Crippen LogP contribution in [-0.4, -0.2) is 27.8 Å². The molecule has 0 aliphatic carbocycles. The van der Waals surface area contributed by atoms with Crippen molar-refractivity contribution < 1.29 is 4.79 Å². The van der Waals surface area contributed by atoms with Crippen molar-refractivity contribution in [2.75, 3.05) is 0 Å². The van der Waals surface area contributed by atoms with Crippen molar-refractivity contribution in [1.29, 1.82) is 0 Å². The highest BCUT2D eigenvalue weighted by Crippen LogP contribution is 2.35. The quantitative estimate of drug-likeness (QED) is 0.789. The number of aromatic nitrogens is 1. The summed E-state index contributed by atoms with van der Waals surface area (Å²) in [4.78, 5) is 18.5. The molecule has 3 rings (SSSR count). The molecule has 2 aliphatic heterocycles. The normalized spacial score (nSPS) is 29.9. The third-order valence-electron chi connectivity index (χ3n) is 3.71. The minimum absolute atomic E-state index is 0.457. The Morgan fingerprint density at radius 2 is 2.12 bits per heavy atom. The number of rotatable bonds is 2. The maximum Gasteiger partial charge on any atom is 0.136 e. The average molecular weight is 236 g/mol. The zero-order chi connectivity index (χ0) is 11.1. The van der Waals surface area contributed by atoms with Gasteiger partial charge in [0, 0.05) is 36.9 Å². The maximum atomic E-state index is 11.5. The van der Waals surface area contributed by atoms with Crippen molar-refractivity contribution in [2.45, 2.75) is 51.2 Å². The molecule has 1 aromatic rings. The lowest BCUT2D eigenvalue weighted by molar-refractivity contribution is -0.123. The summed E-state index contributed by atoms with van der Waals surface area (Å²) in [5.41, 5.74) is 1.17. The molecule has 2 unspecified atom stereocenters. The predicted octanol–water partition coefficient (Wildman–Crippen LogP) is 2.15. The number of piperidine rings is 1. The van der Waals surface area contributed by atoms with Gasteiger partial charge in [0.2, 0.25) is 0 Å². The van der Waals surface area contributed by atoms with Gasteiger partial charge in [0.25, 0.3) is 0 Å². The second-order valence-electron chi connectivity index (χ2n) is 4.86. The molecule has 0 spiro atoms. The van der Waals surface area contributed by atoms with E-state index >= 15 is 0 Å². The zero-order valence-electron chi connectivity index (χ0n) is 9.48. The summed E-state index contributed by atoms with van der Waals surface area (Å²) >= 11 is 1.71. The first-order valence-corrected chi connectivity index (χ1v) is 6.79. The Morgan fingerprint density at radius 1 is 1.44 bits per heavy atom. The number of thiazole rings is 1. The fourth-order valence-corrected chi connectivity index (χ4v) is 3.59. The fourth-order valence-electron chi connectivity index (χ4n) is 2.99. The molecule has 0 N–H and O–H groups in total. The summed E-state index contributed by atoms with van der Waals surface area (Å²) in [6, 6.07) is 0.988. The van der Waals surface area contributed by atoms with Gasteiger partial charge in [-0.1, -0.05) is 0 Å². The first-order valence-electron chi connectivity index (χ1n) is 5.91. The van der Waals surface area contributed by atoms with Crippen LogP contribution in [0.3, 0.4) is 0 Å². The van der Waals surface area contributed by atoms with Crippen molar-refractivity contribution in [3.8, 4) is 0 Å². The number of ketones is 1. The van der Waals surface area contributed by atoms with Crippen molar-refractivity contribution in [3.63, 3.8) is 0 Å². The van der Waals surface area contributed by atoms with Crippen LogP contribution in [0.2, 0.25) is 0 Å². The molecule has 1 aromatic heterocycles.